The number of halogens is 1. The molecule has 0 aliphatic rings. The highest BCUT2D eigenvalue weighted by molar-refractivity contribution is 6.05. The maximum absolute atomic E-state index is 13.6. The number of anilines is 1. The number of non-ortho nitro benzene ring substituents is 1. The van der Waals surface area contributed by atoms with Crippen molar-refractivity contribution in [2.75, 3.05) is 5.32 Å². The van der Waals surface area contributed by atoms with Gasteiger partial charge in [-0.15, -0.1) is 0 Å². The molecular formula is C14H11FN2O4. The molecule has 21 heavy (non-hydrogen) atoms. The zero-order valence-corrected chi connectivity index (χ0v) is 11.0. The number of amides is 1. The molecule has 0 fully saturated rings. The minimum Gasteiger partial charge on any atom is -0.506 e. The summed E-state index contributed by atoms with van der Waals surface area (Å²) in [6.07, 6.45) is 0. The lowest BCUT2D eigenvalue weighted by molar-refractivity contribution is -0.384. The number of nitro benzene ring substituents is 1. The van der Waals surface area contributed by atoms with Crippen molar-refractivity contribution in [1.82, 2.24) is 0 Å². The Balaban J connectivity index is 2.27. The first kappa shape index (κ1) is 14.4. The first-order valence-electron chi connectivity index (χ1n) is 5.93. The van der Waals surface area contributed by atoms with E-state index in [4.69, 9.17) is 0 Å². The fourth-order valence-corrected chi connectivity index (χ4v) is 1.74. The van der Waals surface area contributed by atoms with E-state index in [0.29, 0.717) is 5.56 Å². The fourth-order valence-electron chi connectivity index (χ4n) is 1.74. The van der Waals surface area contributed by atoms with E-state index in [1.807, 2.05) is 0 Å². The third-order valence-electron chi connectivity index (χ3n) is 2.81. The molecule has 0 saturated carbocycles. The highest BCUT2D eigenvalue weighted by Crippen LogP contribution is 2.28. The quantitative estimate of drug-likeness (QED) is 0.516. The molecular weight excluding hydrogens is 279 g/mol. The average molecular weight is 290 g/mol. The number of benzene rings is 2. The van der Waals surface area contributed by atoms with Crippen LogP contribution in [0.5, 0.6) is 5.75 Å². The maximum atomic E-state index is 13.6. The van der Waals surface area contributed by atoms with Crippen LogP contribution in [-0.2, 0) is 0 Å². The van der Waals surface area contributed by atoms with Gasteiger partial charge in [0, 0.05) is 6.07 Å². The van der Waals surface area contributed by atoms with E-state index < -0.39 is 22.4 Å². The normalized spacial score (nSPS) is 10.2. The number of carbonyl (C=O) groups excluding carboxylic acids is 1. The van der Waals surface area contributed by atoms with E-state index in [0.717, 1.165) is 12.1 Å². The molecule has 0 aliphatic carbocycles. The summed E-state index contributed by atoms with van der Waals surface area (Å²) in [5.74, 6) is -1.91. The Labute approximate surface area is 119 Å². The van der Waals surface area contributed by atoms with Gasteiger partial charge in [0.25, 0.3) is 11.6 Å². The number of nitrogens with zero attached hydrogens (tertiary/aromatic N) is 1. The van der Waals surface area contributed by atoms with Crippen LogP contribution in [0.4, 0.5) is 15.8 Å². The summed E-state index contributed by atoms with van der Waals surface area (Å²) in [7, 11) is 0. The van der Waals surface area contributed by atoms with E-state index in [2.05, 4.69) is 5.32 Å². The summed E-state index contributed by atoms with van der Waals surface area (Å²) in [5.41, 5.74) is 0.181. The molecule has 2 aromatic carbocycles. The predicted octanol–water partition coefficient (Wildman–Crippen LogP) is 3.00. The maximum Gasteiger partial charge on any atom is 0.273 e. The molecule has 6 nitrogen and oxygen atoms in total. The zero-order valence-electron chi connectivity index (χ0n) is 11.0. The molecule has 2 N–H and O–H groups in total. The van der Waals surface area contributed by atoms with Gasteiger partial charge in [-0.05, 0) is 25.1 Å². The minimum atomic E-state index is -0.750. The Morgan fingerprint density at radius 1 is 1.29 bits per heavy atom. The Morgan fingerprint density at radius 2 is 2.00 bits per heavy atom. The van der Waals surface area contributed by atoms with Gasteiger partial charge < -0.3 is 10.4 Å². The third-order valence-corrected chi connectivity index (χ3v) is 2.81. The number of nitrogens with one attached hydrogen (secondary N) is 1. The Hall–Kier alpha value is -2.96. The van der Waals surface area contributed by atoms with E-state index in [1.54, 1.807) is 6.92 Å². The number of carbonyl (C=O) groups is 1. The third kappa shape index (κ3) is 3.14. The van der Waals surface area contributed by atoms with Crippen LogP contribution in [0.25, 0.3) is 0 Å². The lowest BCUT2D eigenvalue weighted by Gasteiger charge is -2.08. The van der Waals surface area contributed by atoms with Crippen molar-refractivity contribution < 1.29 is 19.2 Å². The lowest BCUT2D eigenvalue weighted by Crippen LogP contribution is -2.14. The van der Waals surface area contributed by atoms with Crippen molar-refractivity contribution >= 4 is 17.3 Å². The van der Waals surface area contributed by atoms with Crippen LogP contribution in [0.1, 0.15) is 15.9 Å². The van der Waals surface area contributed by atoms with Crippen molar-refractivity contribution in [3.8, 4) is 5.75 Å². The van der Waals surface area contributed by atoms with Crippen molar-refractivity contribution in [2.24, 2.45) is 0 Å². The van der Waals surface area contributed by atoms with Gasteiger partial charge in [-0.2, -0.15) is 0 Å². The summed E-state index contributed by atoms with van der Waals surface area (Å²) < 4.78 is 13.6. The number of aryl methyl sites for hydroxylation is 1. The summed E-state index contributed by atoms with van der Waals surface area (Å²) in [4.78, 5) is 21.8. The summed E-state index contributed by atoms with van der Waals surface area (Å²) >= 11 is 0. The molecule has 7 heteroatoms. The van der Waals surface area contributed by atoms with Crippen LogP contribution in [0.3, 0.4) is 0 Å². The van der Waals surface area contributed by atoms with Gasteiger partial charge in [0.2, 0.25) is 0 Å². The summed E-state index contributed by atoms with van der Waals surface area (Å²) in [6.45, 7) is 1.71. The molecule has 0 spiro atoms. The molecule has 0 saturated heterocycles. The molecule has 0 heterocycles. The van der Waals surface area contributed by atoms with E-state index in [-0.39, 0.29) is 16.9 Å². The molecule has 0 atom stereocenters. The summed E-state index contributed by atoms with van der Waals surface area (Å²) in [5, 5.41) is 22.5. The van der Waals surface area contributed by atoms with Crippen LogP contribution in [0.2, 0.25) is 0 Å². The van der Waals surface area contributed by atoms with E-state index in [9.17, 15) is 24.4 Å². The van der Waals surface area contributed by atoms with Gasteiger partial charge in [0.15, 0.2) is 0 Å². The zero-order chi connectivity index (χ0) is 15.6. The first-order valence-corrected chi connectivity index (χ1v) is 5.93. The smallest absolute Gasteiger partial charge is 0.273 e. The number of rotatable bonds is 3. The van der Waals surface area contributed by atoms with Gasteiger partial charge in [-0.25, -0.2) is 4.39 Å². The minimum absolute atomic E-state index is 0.0356. The Bertz CT molecular complexity index is 731. The van der Waals surface area contributed by atoms with Crippen molar-refractivity contribution in [2.45, 2.75) is 6.92 Å². The monoisotopic (exact) mass is 290 g/mol. The van der Waals surface area contributed by atoms with E-state index in [1.165, 1.54) is 24.3 Å². The number of aromatic hydroxyl groups is 1. The van der Waals surface area contributed by atoms with Gasteiger partial charge in [-0.3, -0.25) is 14.9 Å². The largest absolute Gasteiger partial charge is 0.506 e. The molecule has 0 unspecified atom stereocenters. The number of phenolic OH excluding ortho intramolecular Hbond substituents is 1. The molecule has 108 valence electrons. The molecule has 0 aliphatic heterocycles. The average Bonchev–Trinajstić information content (AvgIpc) is 2.43. The fraction of sp³-hybridized carbons (Fsp3) is 0.0714. The standard InChI is InChI=1S/C14H11FN2O4/c1-8-2-4-11(15)10(6-8)14(19)16-12-5-3-9(17(20)21)7-13(12)18/h2-7,18H,1H3,(H,16,19). The highest BCUT2D eigenvalue weighted by Gasteiger charge is 2.15. The van der Waals surface area contributed by atoms with Crippen molar-refractivity contribution in [3.63, 3.8) is 0 Å². The Kier molecular flexibility index (Phi) is 3.84. The van der Waals surface area contributed by atoms with Crippen LogP contribution in [0.15, 0.2) is 36.4 Å². The lowest BCUT2D eigenvalue weighted by atomic mass is 10.1. The van der Waals surface area contributed by atoms with Crippen LogP contribution in [-0.4, -0.2) is 15.9 Å². The van der Waals surface area contributed by atoms with Gasteiger partial charge in [-0.1, -0.05) is 11.6 Å². The number of nitro groups is 1. The molecule has 0 radical (unpaired) electrons. The van der Waals surface area contributed by atoms with Crippen LogP contribution in [0, 0.1) is 22.9 Å². The molecule has 2 aromatic rings. The number of hydrogen-bond acceptors (Lipinski definition) is 4. The van der Waals surface area contributed by atoms with Gasteiger partial charge >= 0.3 is 0 Å². The van der Waals surface area contributed by atoms with Crippen molar-refractivity contribution in [3.05, 3.63) is 63.5 Å². The van der Waals surface area contributed by atoms with Crippen LogP contribution < -0.4 is 5.32 Å². The Morgan fingerprint density at radius 3 is 2.62 bits per heavy atom. The van der Waals surface area contributed by atoms with Crippen LogP contribution >= 0.6 is 0 Å². The number of phenols is 1. The second-order valence-electron chi connectivity index (χ2n) is 4.40. The van der Waals surface area contributed by atoms with Gasteiger partial charge in [0.05, 0.1) is 22.2 Å². The molecule has 1 amide bonds. The molecule has 0 aromatic heterocycles. The second kappa shape index (κ2) is 5.58. The SMILES string of the molecule is Cc1ccc(F)c(C(=O)Nc2ccc([N+](=O)[O-])cc2O)c1. The topological polar surface area (TPSA) is 92.5 Å². The number of hydrogen-bond donors (Lipinski definition) is 2. The first-order chi connectivity index (χ1) is 9.88. The van der Waals surface area contributed by atoms with E-state index >= 15 is 0 Å². The van der Waals surface area contributed by atoms with Gasteiger partial charge in [0.1, 0.15) is 11.6 Å². The second-order valence-corrected chi connectivity index (χ2v) is 4.40. The predicted molar refractivity (Wildman–Crippen MR) is 73.9 cm³/mol. The molecule has 0 bridgehead atoms. The highest BCUT2D eigenvalue weighted by atomic mass is 19.1. The summed E-state index contributed by atoms with van der Waals surface area (Å²) in [6, 6.07) is 7.27. The molecule has 2 rings (SSSR count). The van der Waals surface area contributed by atoms with Crippen molar-refractivity contribution in [1.29, 1.82) is 0 Å².